The molecular formula is C11H12ClNO. The lowest BCUT2D eigenvalue weighted by atomic mass is 9.97. The second kappa shape index (κ2) is 3.62. The largest absolute Gasteiger partial charge is 0.365 e. The summed E-state index contributed by atoms with van der Waals surface area (Å²) in [5.74, 6) is 0. The zero-order valence-electron chi connectivity index (χ0n) is 8.03. The summed E-state index contributed by atoms with van der Waals surface area (Å²) in [5, 5.41) is 0.804. The van der Waals surface area contributed by atoms with Crippen LogP contribution < -0.4 is 4.90 Å². The Hall–Kier alpha value is -1.02. The maximum absolute atomic E-state index is 10.8. The summed E-state index contributed by atoms with van der Waals surface area (Å²) in [4.78, 5) is 12.8. The second-order valence-corrected chi connectivity index (χ2v) is 4.00. The molecule has 1 heterocycles. The maximum Gasteiger partial charge on any atom is 0.142 e. The molecule has 3 heteroatoms. The molecule has 0 aliphatic carbocycles. The summed E-state index contributed by atoms with van der Waals surface area (Å²) in [7, 11) is 1.94. The van der Waals surface area contributed by atoms with E-state index in [9.17, 15) is 4.79 Å². The van der Waals surface area contributed by atoms with Crippen molar-refractivity contribution in [2.45, 2.75) is 18.9 Å². The Morgan fingerprint density at radius 1 is 1.57 bits per heavy atom. The molecule has 1 aromatic carbocycles. The molecule has 0 radical (unpaired) electrons. The summed E-state index contributed by atoms with van der Waals surface area (Å²) in [6.07, 6.45) is 2.75. The predicted octanol–water partition coefficient (Wildman–Crippen LogP) is 2.29. The first kappa shape index (κ1) is 9.53. The van der Waals surface area contributed by atoms with Gasteiger partial charge in [0.25, 0.3) is 0 Å². The van der Waals surface area contributed by atoms with Crippen LogP contribution in [0.1, 0.15) is 12.0 Å². The Kier molecular flexibility index (Phi) is 2.46. The summed E-state index contributed by atoms with van der Waals surface area (Å²) >= 11 is 6.08. The third-order valence-electron chi connectivity index (χ3n) is 2.82. The maximum atomic E-state index is 10.8. The summed E-state index contributed by atoms with van der Waals surface area (Å²) in [6, 6.07) is 5.83. The normalized spacial score (nSPS) is 20.4. The molecule has 0 saturated heterocycles. The van der Waals surface area contributed by atoms with Crippen LogP contribution in [0.2, 0.25) is 5.02 Å². The number of hydrogen-bond donors (Lipinski definition) is 0. The van der Waals surface area contributed by atoms with Gasteiger partial charge in [-0.1, -0.05) is 17.7 Å². The zero-order chi connectivity index (χ0) is 10.1. The van der Waals surface area contributed by atoms with E-state index < -0.39 is 0 Å². The lowest BCUT2D eigenvalue weighted by molar-refractivity contribution is -0.109. The van der Waals surface area contributed by atoms with Crippen molar-refractivity contribution in [3.05, 3.63) is 28.8 Å². The molecule has 74 valence electrons. The van der Waals surface area contributed by atoms with Gasteiger partial charge in [0.05, 0.1) is 6.04 Å². The van der Waals surface area contributed by atoms with Gasteiger partial charge in [0.1, 0.15) is 6.29 Å². The number of carbonyl (C=O) groups is 1. The van der Waals surface area contributed by atoms with Crippen LogP contribution in [0.5, 0.6) is 0 Å². The number of halogens is 1. The minimum atomic E-state index is 0.000895. The van der Waals surface area contributed by atoms with Crippen molar-refractivity contribution in [1.29, 1.82) is 0 Å². The van der Waals surface area contributed by atoms with E-state index in [0.29, 0.717) is 0 Å². The van der Waals surface area contributed by atoms with Gasteiger partial charge in [0.2, 0.25) is 0 Å². The van der Waals surface area contributed by atoms with E-state index in [-0.39, 0.29) is 6.04 Å². The molecule has 14 heavy (non-hydrogen) atoms. The van der Waals surface area contributed by atoms with Gasteiger partial charge in [0, 0.05) is 17.8 Å². The van der Waals surface area contributed by atoms with Gasteiger partial charge in [-0.05, 0) is 30.5 Å². The topological polar surface area (TPSA) is 20.3 Å². The van der Waals surface area contributed by atoms with E-state index in [1.165, 1.54) is 0 Å². The molecule has 1 atom stereocenters. The molecule has 1 aliphatic rings. The minimum absolute atomic E-state index is 0.000895. The Morgan fingerprint density at radius 3 is 3.07 bits per heavy atom. The Balaban J connectivity index is 2.45. The fourth-order valence-electron chi connectivity index (χ4n) is 1.95. The number of rotatable bonds is 1. The number of likely N-dealkylation sites (N-methyl/N-ethyl adjacent to an activating group) is 1. The first-order valence-electron chi connectivity index (χ1n) is 4.69. The van der Waals surface area contributed by atoms with Crippen LogP contribution in [-0.4, -0.2) is 19.4 Å². The summed E-state index contributed by atoms with van der Waals surface area (Å²) in [5.41, 5.74) is 2.25. The smallest absolute Gasteiger partial charge is 0.142 e. The molecule has 0 bridgehead atoms. The van der Waals surface area contributed by atoms with Crippen LogP contribution >= 0.6 is 11.6 Å². The van der Waals surface area contributed by atoms with E-state index in [1.54, 1.807) is 0 Å². The summed E-state index contributed by atoms with van der Waals surface area (Å²) < 4.78 is 0. The highest BCUT2D eigenvalue weighted by molar-refractivity contribution is 6.31. The summed E-state index contributed by atoms with van der Waals surface area (Å²) in [6.45, 7) is 0. The first-order chi connectivity index (χ1) is 6.74. The van der Waals surface area contributed by atoms with E-state index in [0.717, 1.165) is 35.4 Å². The van der Waals surface area contributed by atoms with Crippen LogP contribution in [-0.2, 0) is 11.2 Å². The zero-order valence-corrected chi connectivity index (χ0v) is 8.79. The van der Waals surface area contributed by atoms with Gasteiger partial charge < -0.3 is 9.69 Å². The van der Waals surface area contributed by atoms with Crippen molar-refractivity contribution in [2.75, 3.05) is 11.9 Å². The molecule has 0 amide bonds. The van der Waals surface area contributed by atoms with Crippen molar-refractivity contribution in [2.24, 2.45) is 0 Å². The molecule has 1 unspecified atom stereocenters. The second-order valence-electron chi connectivity index (χ2n) is 3.59. The van der Waals surface area contributed by atoms with Crippen molar-refractivity contribution >= 4 is 23.6 Å². The Morgan fingerprint density at radius 2 is 2.36 bits per heavy atom. The highest BCUT2D eigenvalue weighted by Gasteiger charge is 2.23. The molecule has 0 aromatic heterocycles. The van der Waals surface area contributed by atoms with Gasteiger partial charge in [0.15, 0.2) is 0 Å². The highest BCUT2D eigenvalue weighted by atomic mass is 35.5. The molecule has 0 spiro atoms. The van der Waals surface area contributed by atoms with E-state index >= 15 is 0 Å². The fourth-order valence-corrected chi connectivity index (χ4v) is 2.21. The van der Waals surface area contributed by atoms with Gasteiger partial charge in [-0.15, -0.1) is 0 Å². The van der Waals surface area contributed by atoms with Gasteiger partial charge in [-0.3, -0.25) is 0 Å². The van der Waals surface area contributed by atoms with Crippen LogP contribution in [0.15, 0.2) is 18.2 Å². The third-order valence-corrected chi connectivity index (χ3v) is 3.17. The van der Waals surface area contributed by atoms with Crippen molar-refractivity contribution in [3.63, 3.8) is 0 Å². The average molecular weight is 210 g/mol. The van der Waals surface area contributed by atoms with Crippen LogP contribution in [0.3, 0.4) is 0 Å². The Labute approximate surface area is 88.5 Å². The first-order valence-corrected chi connectivity index (χ1v) is 5.07. The standard InChI is InChI=1S/C11H12ClNO/c1-13-8(7-14)5-6-9-10(12)3-2-4-11(9)13/h2-4,7-8H,5-6H2,1H3. The van der Waals surface area contributed by atoms with Crippen molar-refractivity contribution in [1.82, 2.24) is 0 Å². The fraction of sp³-hybridized carbons (Fsp3) is 0.364. The van der Waals surface area contributed by atoms with E-state index in [2.05, 4.69) is 0 Å². The Bertz CT molecular complexity index is 364. The number of aldehydes is 1. The van der Waals surface area contributed by atoms with Gasteiger partial charge >= 0.3 is 0 Å². The molecule has 0 N–H and O–H groups in total. The van der Waals surface area contributed by atoms with Crippen molar-refractivity contribution in [3.8, 4) is 0 Å². The van der Waals surface area contributed by atoms with Crippen LogP contribution in [0.4, 0.5) is 5.69 Å². The molecule has 1 aromatic rings. The predicted molar refractivity (Wildman–Crippen MR) is 58.0 cm³/mol. The third kappa shape index (κ3) is 1.40. The van der Waals surface area contributed by atoms with E-state index in [4.69, 9.17) is 11.6 Å². The molecule has 0 fully saturated rings. The lowest BCUT2D eigenvalue weighted by Gasteiger charge is -2.33. The quantitative estimate of drug-likeness (QED) is 0.662. The monoisotopic (exact) mass is 209 g/mol. The van der Waals surface area contributed by atoms with Crippen LogP contribution in [0, 0.1) is 0 Å². The highest BCUT2D eigenvalue weighted by Crippen LogP contribution is 2.33. The number of carbonyl (C=O) groups excluding carboxylic acids is 1. The molecule has 1 aliphatic heterocycles. The molecule has 2 nitrogen and oxygen atoms in total. The SMILES string of the molecule is CN1c2cccc(Cl)c2CCC1C=O. The molecule has 0 saturated carbocycles. The van der Waals surface area contributed by atoms with Gasteiger partial charge in [-0.25, -0.2) is 0 Å². The average Bonchev–Trinajstić information content (AvgIpc) is 2.20. The number of hydrogen-bond acceptors (Lipinski definition) is 2. The number of benzene rings is 1. The number of nitrogens with zero attached hydrogens (tertiary/aromatic N) is 1. The lowest BCUT2D eigenvalue weighted by Crippen LogP contribution is -2.37. The number of fused-ring (bicyclic) bond motifs is 1. The molecule has 2 rings (SSSR count). The van der Waals surface area contributed by atoms with Crippen LogP contribution in [0.25, 0.3) is 0 Å². The minimum Gasteiger partial charge on any atom is -0.365 e. The van der Waals surface area contributed by atoms with Crippen molar-refractivity contribution < 1.29 is 4.79 Å². The van der Waals surface area contributed by atoms with E-state index in [1.807, 2.05) is 30.1 Å². The molecular weight excluding hydrogens is 198 g/mol. The van der Waals surface area contributed by atoms with Gasteiger partial charge in [-0.2, -0.15) is 0 Å². The number of anilines is 1.